The summed E-state index contributed by atoms with van der Waals surface area (Å²) >= 11 is 0. The molecule has 0 saturated heterocycles. The first-order valence-electron chi connectivity index (χ1n) is 7.44. The summed E-state index contributed by atoms with van der Waals surface area (Å²) < 4.78 is 1.88. The van der Waals surface area contributed by atoms with E-state index in [0.717, 1.165) is 40.5 Å². The molecule has 0 spiro atoms. The van der Waals surface area contributed by atoms with Crippen LogP contribution in [0.4, 0.5) is 5.82 Å². The van der Waals surface area contributed by atoms with Crippen LogP contribution >= 0.6 is 0 Å². The highest BCUT2D eigenvalue weighted by atomic mass is 15.3. The summed E-state index contributed by atoms with van der Waals surface area (Å²) in [4.78, 5) is 4.58. The lowest BCUT2D eigenvalue weighted by Gasteiger charge is -2.10. The number of nitrogens with zero attached hydrogens (tertiary/aromatic N) is 3. The summed E-state index contributed by atoms with van der Waals surface area (Å²) in [7, 11) is 0. The summed E-state index contributed by atoms with van der Waals surface area (Å²) in [5.74, 6) is 0.960. The van der Waals surface area contributed by atoms with Gasteiger partial charge in [0, 0.05) is 30.4 Å². The first-order chi connectivity index (χ1) is 10.6. The van der Waals surface area contributed by atoms with Crippen LogP contribution in [-0.4, -0.2) is 14.6 Å². The highest BCUT2D eigenvalue weighted by Crippen LogP contribution is 2.18. The number of fused-ring (bicyclic) bond motifs is 1. The number of nitrogens with two attached hydrogens (primary N) is 1. The number of benzene rings is 1. The number of rotatable bonds is 4. The Morgan fingerprint density at radius 1 is 1.09 bits per heavy atom. The predicted octanol–water partition coefficient (Wildman–Crippen LogP) is 2.73. The zero-order valence-corrected chi connectivity index (χ0v) is 13.2. The normalized spacial score (nSPS) is 11.1. The molecule has 0 aliphatic carbocycles. The Kier molecular flexibility index (Phi) is 3.81. The zero-order chi connectivity index (χ0) is 15.7. The minimum absolute atomic E-state index is 0.573. The maximum absolute atomic E-state index is 5.63. The molecule has 5 heteroatoms. The van der Waals surface area contributed by atoms with Gasteiger partial charge in [0.15, 0.2) is 5.65 Å². The number of aryl methyl sites for hydroxylation is 3. The van der Waals surface area contributed by atoms with E-state index in [4.69, 9.17) is 5.73 Å². The van der Waals surface area contributed by atoms with Crippen molar-refractivity contribution in [1.82, 2.24) is 14.6 Å². The van der Waals surface area contributed by atoms with Crippen molar-refractivity contribution < 1.29 is 0 Å². The summed E-state index contributed by atoms with van der Waals surface area (Å²) in [6.45, 7) is 7.38. The molecule has 3 rings (SSSR count). The van der Waals surface area contributed by atoms with Crippen LogP contribution in [0.5, 0.6) is 0 Å². The Bertz CT molecular complexity index is 802. The van der Waals surface area contributed by atoms with Gasteiger partial charge in [0.1, 0.15) is 5.82 Å². The zero-order valence-electron chi connectivity index (χ0n) is 13.2. The summed E-state index contributed by atoms with van der Waals surface area (Å²) in [6.07, 6.45) is 0. The Morgan fingerprint density at radius 3 is 2.45 bits per heavy atom. The van der Waals surface area contributed by atoms with Gasteiger partial charge in [0.25, 0.3) is 0 Å². The molecule has 114 valence electrons. The second-order valence-electron chi connectivity index (χ2n) is 5.60. The number of aromatic nitrogens is 3. The quantitative estimate of drug-likeness (QED) is 0.776. The molecule has 0 aliphatic rings. The molecule has 2 heterocycles. The van der Waals surface area contributed by atoms with Crippen molar-refractivity contribution in [2.24, 2.45) is 5.73 Å². The molecule has 5 nitrogen and oxygen atoms in total. The van der Waals surface area contributed by atoms with Crippen LogP contribution < -0.4 is 11.1 Å². The Labute approximate surface area is 130 Å². The standard InChI is InChI=1S/C17H21N5/c1-11-8-16(22-17(20-11)12(2)13(3)21-22)19-10-15-6-4-14(9-18)5-7-15/h4-8,19H,9-10,18H2,1-3H3. The third-order valence-corrected chi connectivity index (χ3v) is 3.92. The van der Waals surface area contributed by atoms with E-state index in [-0.39, 0.29) is 0 Å². The van der Waals surface area contributed by atoms with E-state index in [9.17, 15) is 0 Å². The maximum atomic E-state index is 5.63. The van der Waals surface area contributed by atoms with E-state index in [1.54, 1.807) is 0 Å². The SMILES string of the molecule is Cc1cc(NCc2ccc(CN)cc2)n2nc(C)c(C)c2n1. The van der Waals surface area contributed by atoms with Gasteiger partial charge in [-0.3, -0.25) is 0 Å². The highest BCUT2D eigenvalue weighted by Gasteiger charge is 2.10. The van der Waals surface area contributed by atoms with Gasteiger partial charge in [-0.25, -0.2) is 4.98 Å². The molecule has 0 saturated carbocycles. The monoisotopic (exact) mass is 295 g/mol. The maximum Gasteiger partial charge on any atom is 0.160 e. The molecule has 0 fully saturated rings. The van der Waals surface area contributed by atoms with Crippen molar-refractivity contribution in [3.05, 3.63) is 58.4 Å². The lowest BCUT2D eigenvalue weighted by molar-refractivity contribution is 0.899. The molecule has 2 aromatic heterocycles. The molecule has 0 aliphatic heterocycles. The molecule has 3 aromatic rings. The first-order valence-corrected chi connectivity index (χ1v) is 7.44. The summed E-state index contributed by atoms with van der Waals surface area (Å²) in [6, 6.07) is 10.3. The second-order valence-corrected chi connectivity index (χ2v) is 5.60. The second kappa shape index (κ2) is 5.77. The van der Waals surface area contributed by atoms with Crippen LogP contribution in [0, 0.1) is 20.8 Å². The van der Waals surface area contributed by atoms with Gasteiger partial charge in [-0.15, -0.1) is 0 Å². The highest BCUT2D eigenvalue weighted by molar-refractivity contribution is 5.56. The largest absolute Gasteiger partial charge is 0.366 e. The lowest BCUT2D eigenvalue weighted by Crippen LogP contribution is -2.07. The van der Waals surface area contributed by atoms with Gasteiger partial charge in [-0.05, 0) is 31.9 Å². The minimum atomic E-state index is 0.573. The van der Waals surface area contributed by atoms with Crippen LogP contribution in [0.15, 0.2) is 30.3 Å². The smallest absolute Gasteiger partial charge is 0.160 e. The van der Waals surface area contributed by atoms with E-state index in [2.05, 4.69) is 46.6 Å². The predicted molar refractivity (Wildman–Crippen MR) is 88.9 cm³/mol. The Balaban J connectivity index is 1.88. The molecule has 0 radical (unpaired) electrons. The third kappa shape index (κ3) is 2.67. The molecule has 0 unspecified atom stereocenters. The fourth-order valence-corrected chi connectivity index (χ4v) is 2.46. The van der Waals surface area contributed by atoms with Crippen molar-refractivity contribution in [1.29, 1.82) is 0 Å². The Morgan fingerprint density at radius 2 is 1.77 bits per heavy atom. The van der Waals surface area contributed by atoms with Gasteiger partial charge < -0.3 is 11.1 Å². The average molecular weight is 295 g/mol. The van der Waals surface area contributed by atoms with E-state index >= 15 is 0 Å². The first kappa shape index (κ1) is 14.5. The van der Waals surface area contributed by atoms with Crippen LogP contribution in [0.1, 0.15) is 28.1 Å². The van der Waals surface area contributed by atoms with Crippen LogP contribution in [0.25, 0.3) is 5.65 Å². The summed E-state index contributed by atoms with van der Waals surface area (Å²) in [5, 5.41) is 8.02. The van der Waals surface area contributed by atoms with Crippen molar-refractivity contribution in [3.8, 4) is 0 Å². The lowest BCUT2D eigenvalue weighted by atomic mass is 10.1. The average Bonchev–Trinajstić information content (AvgIpc) is 2.81. The molecular weight excluding hydrogens is 274 g/mol. The van der Waals surface area contributed by atoms with E-state index in [1.807, 2.05) is 24.4 Å². The van der Waals surface area contributed by atoms with Crippen molar-refractivity contribution >= 4 is 11.5 Å². The van der Waals surface area contributed by atoms with Gasteiger partial charge in [-0.1, -0.05) is 24.3 Å². The fraction of sp³-hybridized carbons (Fsp3) is 0.294. The molecule has 3 N–H and O–H groups in total. The van der Waals surface area contributed by atoms with Crippen LogP contribution in [0.2, 0.25) is 0 Å². The van der Waals surface area contributed by atoms with E-state index < -0.39 is 0 Å². The van der Waals surface area contributed by atoms with Crippen molar-refractivity contribution in [3.63, 3.8) is 0 Å². The molecule has 0 atom stereocenters. The summed E-state index contributed by atoms with van der Waals surface area (Å²) in [5.41, 5.74) is 12.0. The molecule has 1 aromatic carbocycles. The van der Waals surface area contributed by atoms with Crippen LogP contribution in [0.3, 0.4) is 0 Å². The van der Waals surface area contributed by atoms with Crippen molar-refractivity contribution in [2.75, 3.05) is 5.32 Å². The molecule has 22 heavy (non-hydrogen) atoms. The van der Waals surface area contributed by atoms with Gasteiger partial charge in [0.05, 0.1) is 5.69 Å². The number of anilines is 1. The van der Waals surface area contributed by atoms with Gasteiger partial charge >= 0.3 is 0 Å². The number of hydrogen-bond acceptors (Lipinski definition) is 4. The topological polar surface area (TPSA) is 68.2 Å². The minimum Gasteiger partial charge on any atom is -0.366 e. The van der Waals surface area contributed by atoms with E-state index in [1.165, 1.54) is 5.56 Å². The molecule has 0 bridgehead atoms. The number of hydrogen-bond donors (Lipinski definition) is 2. The van der Waals surface area contributed by atoms with Crippen LogP contribution in [-0.2, 0) is 13.1 Å². The van der Waals surface area contributed by atoms with Gasteiger partial charge in [-0.2, -0.15) is 9.61 Å². The Hall–Kier alpha value is -2.40. The van der Waals surface area contributed by atoms with Gasteiger partial charge in [0.2, 0.25) is 0 Å². The molecule has 0 amide bonds. The molecular formula is C17H21N5. The van der Waals surface area contributed by atoms with Crippen molar-refractivity contribution in [2.45, 2.75) is 33.9 Å². The van der Waals surface area contributed by atoms with E-state index in [0.29, 0.717) is 6.54 Å². The third-order valence-electron chi connectivity index (χ3n) is 3.92. The number of nitrogens with one attached hydrogen (secondary N) is 1. The fourth-order valence-electron chi connectivity index (χ4n) is 2.46.